The second kappa shape index (κ2) is 6.03. The zero-order valence-corrected chi connectivity index (χ0v) is 10.2. The maximum absolute atomic E-state index is 9.28. The van der Waals surface area contributed by atoms with E-state index < -0.39 is 0 Å². The third kappa shape index (κ3) is 3.47. The molecule has 0 spiro atoms. The van der Waals surface area contributed by atoms with Gasteiger partial charge in [0.15, 0.2) is 0 Å². The van der Waals surface area contributed by atoms with Gasteiger partial charge >= 0.3 is 0 Å². The molecular weight excluding hydrogens is 199 g/mol. The van der Waals surface area contributed by atoms with Gasteiger partial charge in [-0.3, -0.25) is 0 Å². The number of aliphatic hydroxyl groups is 1. The Morgan fingerprint density at radius 3 is 2.31 bits per heavy atom. The molecule has 0 aromatic rings. The Labute approximate surface area is 101 Å². The highest BCUT2D eigenvalue weighted by atomic mass is 16.3. The van der Waals surface area contributed by atoms with E-state index in [4.69, 9.17) is 5.73 Å². The first-order chi connectivity index (χ1) is 7.28. The molecule has 2 aliphatic rings. The summed E-state index contributed by atoms with van der Waals surface area (Å²) >= 11 is 0. The first-order valence-electron chi connectivity index (χ1n) is 6.31. The zero-order chi connectivity index (χ0) is 10.7. The standard InChI is InChI=1S/C12H24N2O.B/c13-6-1-11-2-7-14(8-3-11)9-12(10-15)4-5-12;/h11,15H,1-10,13H2;. The van der Waals surface area contributed by atoms with Gasteiger partial charge in [0.1, 0.15) is 0 Å². The number of hydrogen-bond donors (Lipinski definition) is 2. The van der Waals surface area contributed by atoms with Gasteiger partial charge in [0.2, 0.25) is 0 Å². The number of hydrogen-bond acceptors (Lipinski definition) is 3. The molecule has 2 rings (SSSR count). The maximum Gasteiger partial charge on any atom is 0.0499 e. The molecular formula is C12H24BN2O. The van der Waals surface area contributed by atoms with Crippen LogP contribution in [0.25, 0.3) is 0 Å². The van der Waals surface area contributed by atoms with E-state index in [0.29, 0.717) is 12.0 Å². The topological polar surface area (TPSA) is 49.5 Å². The van der Waals surface area contributed by atoms with Crippen molar-refractivity contribution >= 4 is 8.41 Å². The maximum atomic E-state index is 9.28. The molecule has 1 heterocycles. The van der Waals surface area contributed by atoms with Crippen molar-refractivity contribution in [2.24, 2.45) is 17.1 Å². The molecule has 0 aromatic heterocycles. The first-order valence-corrected chi connectivity index (χ1v) is 6.31. The van der Waals surface area contributed by atoms with Crippen LogP contribution in [0.4, 0.5) is 0 Å². The van der Waals surface area contributed by atoms with E-state index in [1.807, 2.05) is 0 Å². The Morgan fingerprint density at radius 1 is 1.25 bits per heavy atom. The summed E-state index contributed by atoms with van der Waals surface area (Å²) in [4.78, 5) is 2.54. The van der Waals surface area contributed by atoms with Crippen LogP contribution < -0.4 is 5.73 Å². The van der Waals surface area contributed by atoms with E-state index in [-0.39, 0.29) is 8.41 Å². The smallest absolute Gasteiger partial charge is 0.0499 e. The average molecular weight is 223 g/mol. The van der Waals surface area contributed by atoms with E-state index in [2.05, 4.69) is 4.90 Å². The normalized spacial score (nSPS) is 25.1. The fourth-order valence-corrected chi connectivity index (χ4v) is 2.69. The van der Waals surface area contributed by atoms with Crippen LogP contribution in [0.2, 0.25) is 0 Å². The Kier molecular flexibility index (Phi) is 5.28. The van der Waals surface area contributed by atoms with Gasteiger partial charge in [-0.05, 0) is 57.7 Å². The van der Waals surface area contributed by atoms with Crippen LogP contribution in [0.15, 0.2) is 0 Å². The molecule has 1 saturated carbocycles. The van der Waals surface area contributed by atoms with Gasteiger partial charge in [0.25, 0.3) is 0 Å². The molecule has 3 nitrogen and oxygen atoms in total. The van der Waals surface area contributed by atoms with Crippen molar-refractivity contribution in [2.75, 3.05) is 32.8 Å². The average Bonchev–Trinajstić information content (AvgIpc) is 3.02. The van der Waals surface area contributed by atoms with E-state index in [1.54, 1.807) is 0 Å². The van der Waals surface area contributed by atoms with Gasteiger partial charge in [0.05, 0.1) is 0 Å². The lowest BCUT2D eigenvalue weighted by atomic mass is 9.93. The highest BCUT2D eigenvalue weighted by molar-refractivity contribution is 5.75. The lowest BCUT2D eigenvalue weighted by Crippen LogP contribution is -2.39. The Morgan fingerprint density at radius 2 is 1.88 bits per heavy atom. The van der Waals surface area contributed by atoms with E-state index in [1.165, 1.54) is 45.2 Å². The summed E-state index contributed by atoms with van der Waals surface area (Å²) in [6.07, 6.45) is 6.26. The van der Waals surface area contributed by atoms with Gasteiger partial charge < -0.3 is 15.7 Å². The molecule has 0 unspecified atom stereocenters. The summed E-state index contributed by atoms with van der Waals surface area (Å²) < 4.78 is 0. The molecule has 3 N–H and O–H groups in total. The largest absolute Gasteiger partial charge is 0.396 e. The number of nitrogens with zero attached hydrogens (tertiary/aromatic N) is 1. The van der Waals surface area contributed by atoms with Crippen molar-refractivity contribution in [1.29, 1.82) is 0 Å². The van der Waals surface area contributed by atoms with Crippen LogP contribution in [-0.2, 0) is 0 Å². The number of rotatable bonds is 5. The van der Waals surface area contributed by atoms with Crippen molar-refractivity contribution < 1.29 is 5.11 Å². The predicted octanol–water partition coefficient (Wildman–Crippen LogP) is 0.439. The summed E-state index contributed by atoms with van der Waals surface area (Å²) in [5.74, 6) is 0.857. The van der Waals surface area contributed by atoms with Crippen LogP contribution in [-0.4, -0.2) is 51.2 Å². The Balaban J connectivity index is 0.00000128. The molecule has 2 fully saturated rings. The fourth-order valence-electron chi connectivity index (χ4n) is 2.69. The third-order valence-electron chi connectivity index (χ3n) is 4.13. The summed E-state index contributed by atoms with van der Waals surface area (Å²) in [7, 11) is 0. The zero-order valence-electron chi connectivity index (χ0n) is 10.2. The number of likely N-dealkylation sites (tertiary alicyclic amines) is 1. The molecule has 0 aromatic carbocycles. The summed E-state index contributed by atoms with van der Waals surface area (Å²) in [6.45, 7) is 4.78. The minimum absolute atomic E-state index is 0. The third-order valence-corrected chi connectivity index (χ3v) is 4.13. The molecule has 0 atom stereocenters. The monoisotopic (exact) mass is 223 g/mol. The second-order valence-electron chi connectivity index (χ2n) is 5.45. The predicted molar refractivity (Wildman–Crippen MR) is 67.3 cm³/mol. The van der Waals surface area contributed by atoms with Crippen LogP contribution in [0.3, 0.4) is 0 Å². The molecule has 16 heavy (non-hydrogen) atoms. The highest BCUT2D eigenvalue weighted by Crippen LogP contribution is 2.46. The van der Waals surface area contributed by atoms with Gasteiger partial charge in [-0.15, -0.1) is 0 Å². The molecule has 4 heteroatoms. The van der Waals surface area contributed by atoms with Crippen LogP contribution in [0.5, 0.6) is 0 Å². The van der Waals surface area contributed by atoms with Gasteiger partial charge in [0, 0.05) is 27.0 Å². The first kappa shape index (κ1) is 14.0. The van der Waals surface area contributed by atoms with Crippen molar-refractivity contribution in [2.45, 2.75) is 32.1 Å². The number of nitrogens with two attached hydrogens (primary N) is 1. The van der Waals surface area contributed by atoms with E-state index in [0.717, 1.165) is 19.0 Å². The van der Waals surface area contributed by atoms with Crippen molar-refractivity contribution in [3.63, 3.8) is 0 Å². The van der Waals surface area contributed by atoms with Crippen LogP contribution in [0, 0.1) is 11.3 Å². The second-order valence-corrected chi connectivity index (χ2v) is 5.45. The van der Waals surface area contributed by atoms with E-state index >= 15 is 0 Å². The molecule has 3 radical (unpaired) electrons. The van der Waals surface area contributed by atoms with Crippen LogP contribution in [0.1, 0.15) is 32.1 Å². The molecule has 0 bridgehead atoms. The quantitative estimate of drug-likeness (QED) is 0.665. The van der Waals surface area contributed by atoms with Gasteiger partial charge in [-0.25, -0.2) is 0 Å². The summed E-state index contributed by atoms with van der Waals surface area (Å²) in [6, 6.07) is 0. The SMILES string of the molecule is NCCC1CCN(CC2(CO)CC2)CC1.[B]. The summed E-state index contributed by atoms with van der Waals surface area (Å²) in [5.41, 5.74) is 5.87. The van der Waals surface area contributed by atoms with Crippen LogP contribution >= 0.6 is 0 Å². The molecule has 1 aliphatic carbocycles. The minimum atomic E-state index is 0. The molecule has 91 valence electrons. The highest BCUT2D eigenvalue weighted by Gasteiger charge is 2.43. The van der Waals surface area contributed by atoms with Crippen molar-refractivity contribution in [1.82, 2.24) is 4.90 Å². The van der Waals surface area contributed by atoms with Crippen molar-refractivity contribution in [3.05, 3.63) is 0 Å². The van der Waals surface area contributed by atoms with E-state index in [9.17, 15) is 5.11 Å². The Hall–Kier alpha value is -0.0551. The van der Waals surface area contributed by atoms with Gasteiger partial charge in [-0.2, -0.15) is 0 Å². The molecule has 1 aliphatic heterocycles. The number of piperidine rings is 1. The molecule has 1 saturated heterocycles. The number of aliphatic hydroxyl groups excluding tert-OH is 1. The van der Waals surface area contributed by atoms with Crippen molar-refractivity contribution in [3.8, 4) is 0 Å². The van der Waals surface area contributed by atoms with Gasteiger partial charge in [-0.1, -0.05) is 0 Å². The Bertz CT molecular complexity index is 201. The lowest BCUT2D eigenvalue weighted by Gasteiger charge is -2.34. The summed E-state index contributed by atoms with van der Waals surface area (Å²) in [5, 5.41) is 9.28. The molecule has 0 amide bonds. The lowest BCUT2D eigenvalue weighted by molar-refractivity contribution is 0.115. The minimum Gasteiger partial charge on any atom is -0.396 e. The fraction of sp³-hybridized carbons (Fsp3) is 1.00.